The number of piperazine rings is 1. The molecule has 0 spiro atoms. The van der Waals surface area contributed by atoms with Gasteiger partial charge in [0.1, 0.15) is 0 Å². The van der Waals surface area contributed by atoms with Crippen molar-refractivity contribution in [3.63, 3.8) is 0 Å². The largest absolute Gasteiger partial charge is 0.356 e. The maximum Gasteiger partial charge on any atom is 0.225 e. The van der Waals surface area contributed by atoms with Crippen LogP contribution in [0.15, 0.2) is 48.0 Å². The second-order valence-corrected chi connectivity index (χ2v) is 6.51. The fourth-order valence-electron chi connectivity index (χ4n) is 3.10. The van der Waals surface area contributed by atoms with E-state index in [1.807, 2.05) is 29.4 Å². The summed E-state index contributed by atoms with van der Waals surface area (Å²) in [5.74, 6) is 1.60. The zero-order chi connectivity index (χ0) is 19.6. The molecule has 3 heterocycles. The van der Waals surface area contributed by atoms with Gasteiger partial charge in [-0.15, -0.1) is 24.0 Å². The Morgan fingerprint density at radius 2 is 1.69 bits per heavy atom. The summed E-state index contributed by atoms with van der Waals surface area (Å²) in [5, 5.41) is 6.46. The Morgan fingerprint density at radius 1 is 1.03 bits per heavy atom. The van der Waals surface area contributed by atoms with Crippen LogP contribution in [-0.4, -0.2) is 77.6 Å². The van der Waals surface area contributed by atoms with Crippen LogP contribution in [0.1, 0.15) is 6.42 Å². The minimum absolute atomic E-state index is 0. The average molecular weight is 512 g/mol. The van der Waals surface area contributed by atoms with Gasteiger partial charge >= 0.3 is 0 Å². The fourth-order valence-corrected chi connectivity index (χ4v) is 3.10. The van der Waals surface area contributed by atoms with Gasteiger partial charge in [-0.05, 0) is 18.2 Å². The Balaban J connectivity index is 0.00000300. The number of hydrogen-bond acceptors (Lipinski definition) is 5. The van der Waals surface area contributed by atoms with E-state index in [-0.39, 0.29) is 29.9 Å². The number of nitrogens with zero attached hydrogens (tertiary/aromatic N) is 6. The van der Waals surface area contributed by atoms with Crippen LogP contribution < -0.4 is 15.5 Å². The van der Waals surface area contributed by atoms with Gasteiger partial charge in [0.05, 0.1) is 0 Å². The summed E-state index contributed by atoms with van der Waals surface area (Å²) in [6.45, 7) is 5.09. The van der Waals surface area contributed by atoms with Crippen LogP contribution >= 0.6 is 24.0 Å². The van der Waals surface area contributed by atoms with E-state index in [2.05, 4.69) is 35.1 Å². The zero-order valence-electron chi connectivity index (χ0n) is 16.7. The van der Waals surface area contributed by atoms with E-state index >= 15 is 0 Å². The number of rotatable bonds is 7. The van der Waals surface area contributed by atoms with Crippen LogP contribution in [0.25, 0.3) is 0 Å². The van der Waals surface area contributed by atoms with Gasteiger partial charge in [-0.3, -0.25) is 9.79 Å². The summed E-state index contributed by atoms with van der Waals surface area (Å²) < 4.78 is 2.10. The van der Waals surface area contributed by atoms with Crippen molar-refractivity contribution in [2.24, 2.45) is 4.99 Å². The van der Waals surface area contributed by atoms with Crippen molar-refractivity contribution < 1.29 is 4.79 Å². The third kappa shape index (κ3) is 7.18. The van der Waals surface area contributed by atoms with Crippen molar-refractivity contribution in [3.8, 4) is 0 Å². The number of nitrogens with one attached hydrogen (secondary N) is 2. The van der Waals surface area contributed by atoms with E-state index in [4.69, 9.17) is 0 Å². The Kier molecular flexibility index (Phi) is 9.68. The van der Waals surface area contributed by atoms with Crippen molar-refractivity contribution in [3.05, 3.63) is 43.0 Å². The number of halogens is 1. The average Bonchev–Trinajstić information content (AvgIpc) is 3.27. The maximum absolute atomic E-state index is 12.5. The Morgan fingerprint density at radius 3 is 2.34 bits per heavy atom. The molecular formula is C19H29IN8O. The van der Waals surface area contributed by atoms with Crippen LogP contribution in [0.4, 0.5) is 5.95 Å². The second kappa shape index (κ2) is 12.2. The predicted octanol–water partition coefficient (Wildman–Crippen LogP) is 0.800. The maximum atomic E-state index is 12.5. The van der Waals surface area contributed by atoms with E-state index in [9.17, 15) is 4.79 Å². The monoisotopic (exact) mass is 512 g/mol. The number of aliphatic imine (C=N–C) groups is 1. The predicted molar refractivity (Wildman–Crippen MR) is 125 cm³/mol. The molecule has 2 aromatic heterocycles. The van der Waals surface area contributed by atoms with Crippen molar-refractivity contribution in [2.75, 3.05) is 51.2 Å². The highest BCUT2D eigenvalue weighted by Gasteiger charge is 2.22. The molecule has 29 heavy (non-hydrogen) atoms. The number of carbonyl (C=O) groups is 1. The standard InChI is InChI=1S/C19H28N8O.HI/c1-20-18(22-9-12-25-10-2-3-11-25)21-8-5-17(28)26-13-15-27(16-14-26)19-23-6-4-7-24-19;/h2-4,6-7,10-11H,5,8-9,12-16H2,1H3,(H2,20,21,22);1H. The lowest BCUT2D eigenvalue weighted by molar-refractivity contribution is -0.131. The number of anilines is 1. The van der Waals surface area contributed by atoms with Gasteiger partial charge < -0.3 is 25.0 Å². The molecule has 158 valence electrons. The molecule has 0 bridgehead atoms. The minimum Gasteiger partial charge on any atom is -0.356 e. The number of hydrogen-bond donors (Lipinski definition) is 2. The van der Waals surface area contributed by atoms with E-state index in [1.165, 1.54) is 0 Å². The van der Waals surface area contributed by atoms with Gasteiger partial charge in [-0.2, -0.15) is 0 Å². The molecule has 1 aliphatic heterocycles. The third-order valence-corrected chi connectivity index (χ3v) is 4.65. The van der Waals surface area contributed by atoms with Crippen molar-refractivity contribution in [1.29, 1.82) is 0 Å². The highest BCUT2D eigenvalue weighted by molar-refractivity contribution is 14.0. The molecule has 1 aliphatic rings. The Labute approximate surface area is 188 Å². The van der Waals surface area contributed by atoms with E-state index in [0.29, 0.717) is 32.0 Å². The Bertz CT molecular complexity index is 745. The van der Waals surface area contributed by atoms with E-state index in [0.717, 1.165) is 32.1 Å². The second-order valence-electron chi connectivity index (χ2n) is 6.51. The molecule has 0 atom stereocenters. The van der Waals surface area contributed by atoms with Crippen molar-refractivity contribution in [1.82, 2.24) is 30.1 Å². The summed E-state index contributed by atoms with van der Waals surface area (Å²) in [6, 6.07) is 5.82. The summed E-state index contributed by atoms with van der Waals surface area (Å²) in [4.78, 5) is 29.2. The molecule has 2 N–H and O–H groups in total. The summed E-state index contributed by atoms with van der Waals surface area (Å²) in [5.41, 5.74) is 0. The van der Waals surface area contributed by atoms with Gasteiger partial charge in [-0.25, -0.2) is 9.97 Å². The number of aromatic nitrogens is 3. The van der Waals surface area contributed by atoms with Crippen LogP contribution in [0.2, 0.25) is 0 Å². The van der Waals surface area contributed by atoms with Crippen LogP contribution in [0.5, 0.6) is 0 Å². The molecule has 3 rings (SSSR count). The van der Waals surface area contributed by atoms with Crippen molar-refractivity contribution >= 4 is 41.8 Å². The first-order chi connectivity index (χ1) is 13.8. The lowest BCUT2D eigenvalue weighted by atomic mass is 10.3. The highest BCUT2D eigenvalue weighted by atomic mass is 127. The molecule has 0 unspecified atom stereocenters. The molecule has 0 aliphatic carbocycles. The quantitative estimate of drug-likeness (QED) is 0.324. The minimum atomic E-state index is 0. The molecular weight excluding hydrogens is 483 g/mol. The highest BCUT2D eigenvalue weighted by Crippen LogP contribution is 2.10. The summed E-state index contributed by atoms with van der Waals surface area (Å²) in [6.07, 6.45) is 7.98. The van der Waals surface area contributed by atoms with Gasteiger partial charge in [-0.1, -0.05) is 0 Å². The summed E-state index contributed by atoms with van der Waals surface area (Å²) >= 11 is 0. The zero-order valence-corrected chi connectivity index (χ0v) is 19.0. The van der Waals surface area contributed by atoms with Crippen molar-refractivity contribution in [2.45, 2.75) is 13.0 Å². The lowest BCUT2D eigenvalue weighted by Gasteiger charge is -2.34. The first kappa shape index (κ1) is 22.9. The van der Waals surface area contributed by atoms with Gasteiger partial charge in [0.15, 0.2) is 5.96 Å². The molecule has 0 radical (unpaired) electrons. The number of carbonyl (C=O) groups excluding carboxylic acids is 1. The number of guanidine groups is 1. The molecule has 10 heteroatoms. The molecule has 9 nitrogen and oxygen atoms in total. The van der Waals surface area contributed by atoms with Gasteiger partial charge in [0.25, 0.3) is 0 Å². The first-order valence-corrected chi connectivity index (χ1v) is 9.61. The lowest BCUT2D eigenvalue weighted by Crippen LogP contribution is -2.50. The Hall–Kier alpha value is -2.37. The molecule has 1 amide bonds. The third-order valence-electron chi connectivity index (χ3n) is 4.65. The van der Waals surface area contributed by atoms with E-state index < -0.39 is 0 Å². The normalized spacial score (nSPS) is 14.3. The topological polar surface area (TPSA) is 90.7 Å². The van der Waals surface area contributed by atoms with Crippen LogP contribution in [-0.2, 0) is 11.3 Å². The smallest absolute Gasteiger partial charge is 0.225 e. The number of amides is 1. The van der Waals surface area contributed by atoms with Crippen LogP contribution in [0, 0.1) is 0 Å². The molecule has 1 saturated heterocycles. The summed E-state index contributed by atoms with van der Waals surface area (Å²) in [7, 11) is 1.73. The fraction of sp³-hybridized carbons (Fsp3) is 0.474. The van der Waals surface area contributed by atoms with Gasteiger partial charge in [0.2, 0.25) is 11.9 Å². The molecule has 0 saturated carbocycles. The molecule has 0 aromatic carbocycles. The molecule has 1 fully saturated rings. The van der Waals surface area contributed by atoms with Gasteiger partial charge in [0, 0.05) is 84.1 Å². The molecule has 2 aromatic rings. The van der Waals surface area contributed by atoms with E-state index in [1.54, 1.807) is 25.5 Å². The van der Waals surface area contributed by atoms with Crippen LogP contribution in [0.3, 0.4) is 0 Å². The SMILES string of the molecule is CN=C(NCCC(=O)N1CCN(c2ncccn2)CC1)NCCn1cccc1.I. The first-order valence-electron chi connectivity index (χ1n) is 9.61.